The summed E-state index contributed by atoms with van der Waals surface area (Å²) in [7, 11) is -3.92. The second kappa shape index (κ2) is 13.6. The van der Waals surface area contributed by atoms with Crippen LogP contribution < -0.4 is 9.79 Å². The van der Waals surface area contributed by atoms with Crippen LogP contribution in [0.4, 0.5) is 11.4 Å². The standard InChI is InChI=1S/C35H45N2O5P/c1-6-42-43(40,41)26-25-37-30-20-15-13-18-28(30)35(4,5)32(37)22-10-7-9-21-31-34(2,3)27-17-12-14-19-29(27)36(31)24-16-8-11-23-33(38)39/h7,9-10,12-15,17-22H,6,8,11,16,23-26H2,1-5H3,(H-,38,39,40,41). The summed E-state index contributed by atoms with van der Waals surface area (Å²) < 4.78 is 19.8. The average molecular weight is 605 g/mol. The Labute approximate surface area is 256 Å². The molecule has 2 aliphatic rings. The van der Waals surface area contributed by atoms with Crippen LogP contribution in [0.5, 0.6) is 0 Å². The van der Waals surface area contributed by atoms with Crippen molar-refractivity contribution in [1.29, 1.82) is 0 Å². The Hall–Kier alpha value is -3.25. The number of carboxylic acids is 1. The maximum atomic E-state index is 12.4. The van der Waals surface area contributed by atoms with Gasteiger partial charge in [0.15, 0.2) is 5.71 Å². The number of rotatable bonds is 14. The van der Waals surface area contributed by atoms with E-state index in [0.29, 0.717) is 13.0 Å². The summed E-state index contributed by atoms with van der Waals surface area (Å²) in [5, 5.41) is 8.98. The fraction of sp³-hybridized carbons (Fsp3) is 0.429. The maximum absolute atomic E-state index is 12.4. The largest absolute Gasteiger partial charge is 0.778 e. The molecule has 0 fully saturated rings. The Morgan fingerprint density at radius 2 is 1.67 bits per heavy atom. The van der Waals surface area contributed by atoms with Crippen molar-refractivity contribution in [3.63, 3.8) is 0 Å². The molecule has 0 saturated heterocycles. The normalized spacial score (nSPS) is 19.4. The van der Waals surface area contributed by atoms with E-state index in [1.54, 1.807) is 6.92 Å². The summed E-state index contributed by atoms with van der Waals surface area (Å²) in [5.74, 6) is -0.742. The first-order chi connectivity index (χ1) is 20.4. The highest BCUT2D eigenvalue weighted by Gasteiger charge is 2.44. The van der Waals surface area contributed by atoms with E-state index in [4.69, 9.17) is 9.63 Å². The zero-order chi connectivity index (χ0) is 31.3. The number of carboxylic acid groups (broad SMARTS) is 1. The van der Waals surface area contributed by atoms with Crippen LogP contribution in [0.25, 0.3) is 0 Å². The highest BCUT2D eigenvalue weighted by molar-refractivity contribution is 7.51. The molecule has 1 N–H and O–H groups in total. The van der Waals surface area contributed by atoms with Crippen molar-refractivity contribution in [2.45, 2.75) is 71.1 Å². The zero-order valence-electron chi connectivity index (χ0n) is 26.1. The number of para-hydroxylation sites is 2. The Morgan fingerprint density at radius 3 is 2.40 bits per heavy atom. The van der Waals surface area contributed by atoms with Gasteiger partial charge in [0.25, 0.3) is 0 Å². The van der Waals surface area contributed by atoms with Crippen LogP contribution >= 0.6 is 7.60 Å². The number of fused-ring (bicyclic) bond motifs is 2. The van der Waals surface area contributed by atoms with Crippen LogP contribution in [0.2, 0.25) is 0 Å². The minimum absolute atomic E-state index is 0.0632. The third-order valence-corrected chi connectivity index (χ3v) is 9.92. The number of hydrogen-bond acceptors (Lipinski definition) is 5. The molecular formula is C35H45N2O5P. The Bertz CT molecular complexity index is 1500. The van der Waals surface area contributed by atoms with Crippen LogP contribution in [-0.2, 0) is 24.7 Å². The van der Waals surface area contributed by atoms with Crippen molar-refractivity contribution in [3.05, 3.63) is 95.7 Å². The molecular weight excluding hydrogens is 559 g/mol. The van der Waals surface area contributed by atoms with E-state index < -0.39 is 13.6 Å². The Morgan fingerprint density at radius 1 is 0.977 bits per heavy atom. The van der Waals surface area contributed by atoms with E-state index in [9.17, 15) is 14.3 Å². The lowest BCUT2D eigenvalue weighted by Crippen LogP contribution is -2.29. The molecule has 0 aromatic heterocycles. The molecule has 1 atom stereocenters. The maximum Gasteiger partial charge on any atom is 0.303 e. The predicted molar refractivity (Wildman–Crippen MR) is 173 cm³/mol. The van der Waals surface area contributed by atoms with Crippen molar-refractivity contribution in [1.82, 2.24) is 0 Å². The molecule has 8 heteroatoms. The number of anilines is 1. The quantitative estimate of drug-likeness (QED) is 0.107. The van der Waals surface area contributed by atoms with Crippen molar-refractivity contribution in [2.75, 3.05) is 30.8 Å². The molecule has 2 aliphatic heterocycles. The van der Waals surface area contributed by atoms with Gasteiger partial charge in [-0.15, -0.1) is 0 Å². The Kier molecular flexibility index (Phi) is 10.3. The van der Waals surface area contributed by atoms with Gasteiger partial charge in [-0.25, -0.2) is 0 Å². The van der Waals surface area contributed by atoms with Crippen molar-refractivity contribution in [3.8, 4) is 0 Å². The highest BCUT2D eigenvalue weighted by atomic mass is 31.2. The molecule has 4 rings (SSSR count). The molecule has 43 heavy (non-hydrogen) atoms. The molecule has 7 nitrogen and oxygen atoms in total. The van der Waals surface area contributed by atoms with Gasteiger partial charge in [-0.05, 0) is 51.3 Å². The van der Waals surface area contributed by atoms with E-state index in [2.05, 4.69) is 85.7 Å². The molecule has 0 amide bonds. The van der Waals surface area contributed by atoms with Gasteiger partial charge in [0.1, 0.15) is 14.1 Å². The SMILES string of the molecule is CCOP(=O)([O-])CCN1/C(=C/C=C/C=C/C2=[N+](CCCCCC(=O)O)c3ccccc3C2(C)C)C(C)(C)c2ccccc21. The van der Waals surface area contributed by atoms with Gasteiger partial charge in [-0.2, -0.15) is 4.58 Å². The summed E-state index contributed by atoms with van der Waals surface area (Å²) >= 11 is 0. The lowest BCUT2D eigenvalue weighted by atomic mass is 9.81. The average Bonchev–Trinajstić information content (AvgIpc) is 3.30. The van der Waals surface area contributed by atoms with Crippen molar-refractivity contribution in [2.24, 2.45) is 0 Å². The van der Waals surface area contributed by atoms with E-state index >= 15 is 0 Å². The molecule has 2 aromatic rings. The van der Waals surface area contributed by atoms with Crippen LogP contribution in [0.1, 0.15) is 71.4 Å². The number of nitrogens with zero attached hydrogens (tertiary/aromatic N) is 2. The number of carbonyl (C=O) groups is 1. The third kappa shape index (κ3) is 7.29. The molecule has 0 radical (unpaired) electrons. The van der Waals surface area contributed by atoms with Crippen LogP contribution in [0.3, 0.4) is 0 Å². The van der Waals surface area contributed by atoms with Crippen molar-refractivity contribution >= 4 is 30.7 Å². The van der Waals surface area contributed by atoms with Gasteiger partial charge in [0, 0.05) is 60.1 Å². The summed E-state index contributed by atoms with van der Waals surface area (Å²) in [4.78, 5) is 25.4. The van der Waals surface area contributed by atoms with E-state index in [-0.39, 0.29) is 30.0 Å². The monoisotopic (exact) mass is 604 g/mol. The fourth-order valence-electron chi connectivity index (χ4n) is 6.33. The first kappa shape index (κ1) is 32.7. The molecule has 0 saturated carbocycles. The van der Waals surface area contributed by atoms with Gasteiger partial charge in [0.05, 0.1) is 12.0 Å². The van der Waals surface area contributed by atoms with Gasteiger partial charge in [-0.1, -0.05) is 68.5 Å². The number of aliphatic carboxylic acids is 1. The minimum atomic E-state index is -3.92. The van der Waals surface area contributed by atoms with Crippen LogP contribution in [0.15, 0.2) is 84.6 Å². The highest BCUT2D eigenvalue weighted by Crippen LogP contribution is 2.48. The van der Waals surface area contributed by atoms with E-state index in [1.165, 1.54) is 22.5 Å². The zero-order valence-corrected chi connectivity index (χ0v) is 27.0. The summed E-state index contributed by atoms with van der Waals surface area (Å²) in [5.41, 5.74) is 6.49. The van der Waals surface area contributed by atoms with Gasteiger partial charge in [0.2, 0.25) is 5.69 Å². The summed E-state index contributed by atoms with van der Waals surface area (Å²) in [6.07, 6.45) is 13.0. The number of unbranched alkanes of at least 4 members (excludes halogenated alkanes) is 2. The third-order valence-electron chi connectivity index (χ3n) is 8.52. The number of hydrogen-bond donors (Lipinski definition) is 1. The molecule has 0 bridgehead atoms. The number of benzene rings is 2. The van der Waals surface area contributed by atoms with E-state index in [0.717, 1.165) is 30.8 Å². The molecule has 2 heterocycles. The smallest absolute Gasteiger partial charge is 0.303 e. The first-order valence-electron chi connectivity index (χ1n) is 15.2. The topological polar surface area (TPSA) is 92.9 Å². The van der Waals surface area contributed by atoms with Crippen LogP contribution in [0, 0.1) is 0 Å². The summed E-state index contributed by atoms with van der Waals surface area (Å²) in [6, 6.07) is 16.7. The second-order valence-electron chi connectivity index (χ2n) is 12.2. The van der Waals surface area contributed by atoms with Gasteiger partial charge < -0.3 is 24.0 Å². The van der Waals surface area contributed by atoms with Gasteiger partial charge >= 0.3 is 5.97 Å². The predicted octanol–water partition coefficient (Wildman–Crippen LogP) is 7.09. The van der Waals surface area contributed by atoms with Crippen molar-refractivity contribution < 1.29 is 28.5 Å². The lowest BCUT2D eigenvalue weighted by molar-refractivity contribution is -0.438. The minimum Gasteiger partial charge on any atom is -0.778 e. The molecule has 0 spiro atoms. The first-order valence-corrected chi connectivity index (χ1v) is 17.0. The van der Waals surface area contributed by atoms with E-state index in [1.807, 2.05) is 30.4 Å². The van der Waals surface area contributed by atoms with Gasteiger partial charge in [-0.3, -0.25) is 4.79 Å². The molecule has 0 aliphatic carbocycles. The van der Waals surface area contributed by atoms with Crippen LogP contribution in [-0.4, -0.2) is 47.2 Å². The fourth-order valence-corrected chi connectivity index (χ4v) is 7.30. The second-order valence-corrected chi connectivity index (χ2v) is 14.2. The molecule has 2 aromatic carbocycles. The number of allylic oxidation sites excluding steroid dienone is 6. The molecule has 1 unspecified atom stereocenters. The lowest BCUT2D eigenvalue weighted by Gasteiger charge is -2.30. The Balaban J connectivity index is 1.57. The molecule has 230 valence electrons. The summed E-state index contributed by atoms with van der Waals surface area (Å²) in [6.45, 7) is 11.8.